The van der Waals surface area contributed by atoms with Crippen molar-refractivity contribution < 1.29 is 8.42 Å². The first-order valence-corrected chi connectivity index (χ1v) is 8.44. The van der Waals surface area contributed by atoms with Gasteiger partial charge in [0.15, 0.2) is 9.84 Å². The molecule has 7 heteroatoms. The number of rotatable bonds is 3. The normalized spacial score (nSPS) is 11.9. The van der Waals surface area contributed by atoms with E-state index in [1.165, 1.54) is 10.8 Å². The molecule has 0 bridgehead atoms. The fourth-order valence-electron chi connectivity index (χ4n) is 2.34. The van der Waals surface area contributed by atoms with Crippen molar-refractivity contribution in [2.75, 3.05) is 5.75 Å². The van der Waals surface area contributed by atoms with E-state index in [-0.39, 0.29) is 11.3 Å². The van der Waals surface area contributed by atoms with Crippen LogP contribution < -0.4 is 5.56 Å². The molecule has 2 aromatic heterocycles. The summed E-state index contributed by atoms with van der Waals surface area (Å²) in [6.07, 6.45) is 4.80. The molecule has 22 heavy (non-hydrogen) atoms. The van der Waals surface area contributed by atoms with Crippen LogP contribution in [0.4, 0.5) is 0 Å². The summed E-state index contributed by atoms with van der Waals surface area (Å²) in [4.78, 5) is 16.3. The molecule has 0 atom stereocenters. The summed E-state index contributed by atoms with van der Waals surface area (Å²) in [6, 6.07) is 6.65. The van der Waals surface area contributed by atoms with Gasteiger partial charge in [0.1, 0.15) is 5.52 Å². The standard InChI is InChI=1S/C15H15N3O3S/c1-3-22(20,21)12-6-4-11(5-7-12)14-9-17(2)15(19)13-8-16-10-18(13)14/h4-10H,3H2,1-2H3. The van der Waals surface area contributed by atoms with Crippen LogP contribution in [0.5, 0.6) is 0 Å². The average molecular weight is 317 g/mol. The minimum atomic E-state index is -3.22. The lowest BCUT2D eigenvalue weighted by atomic mass is 10.1. The molecule has 0 saturated carbocycles. The quantitative estimate of drug-likeness (QED) is 0.733. The van der Waals surface area contributed by atoms with Gasteiger partial charge in [-0.2, -0.15) is 0 Å². The number of fused-ring (bicyclic) bond motifs is 1. The van der Waals surface area contributed by atoms with Crippen LogP contribution in [0.2, 0.25) is 0 Å². The number of imidazole rings is 1. The fraction of sp³-hybridized carbons (Fsp3) is 0.200. The second-order valence-electron chi connectivity index (χ2n) is 5.01. The Hall–Kier alpha value is -2.41. The van der Waals surface area contributed by atoms with Gasteiger partial charge in [-0.05, 0) is 12.1 Å². The van der Waals surface area contributed by atoms with Crippen LogP contribution in [0.25, 0.3) is 16.8 Å². The van der Waals surface area contributed by atoms with E-state index in [0.717, 1.165) is 11.3 Å². The summed E-state index contributed by atoms with van der Waals surface area (Å²) >= 11 is 0. The number of hydrogen-bond donors (Lipinski definition) is 0. The monoisotopic (exact) mass is 317 g/mol. The molecule has 0 saturated heterocycles. The molecule has 3 rings (SSSR count). The first-order valence-electron chi connectivity index (χ1n) is 6.79. The summed E-state index contributed by atoms with van der Waals surface area (Å²) in [5.74, 6) is 0.0674. The molecule has 6 nitrogen and oxygen atoms in total. The highest BCUT2D eigenvalue weighted by Crippen LogP contribution is 2.21. The predicted octanol–water partition coefficient (Wildman–Crippen LogP) is 1.49. The Morgan fingerprint density at radius 2 is 1.86 bits per heavy atom. The van der Waals surface area contributed by atoms with E-state index in [2.05, 4.69) is 4.98 Å². The van der Waals surface area contributed by atoms with Crippen molar-refractivity contribution in [3.05, 3.63) is 53.3 Å². The fourth-order valence-corrected chi connectivity index (χ4v) is 3.23. The zero-order chi connectivity index (χ0) is 15.9. The third-order valence-electron chi connectivity index (χ3n) is 3.64. The Bertz CT molecular complexity index is 999. The Balaban J connectivity index is 2.19. The second kappa shape index (κ2) is 5.10. The number of benzene rings is 1. The molecule has 114 valence electrons. The van der Waals surface area contributed by atoms with Crippen molar-refractivity contribution in [3.63, 3.8) is 0 Å². The molecule has 3 aromatic rings. The maximum Gasteiger partial charge on any atom is 0.276 e. The zero-order valence-electron chi connectivity index (χ0n) is 12.2. The van der Waals surface area contributed by atoms with Gasteiger partial charge in [-0.25, -0.2) is 13.4 Å². The minimum Gasteiger partial charge on any atom is -0.315 e. The Labute approximate surface area is 127 Å². The Morgan fingerprint density at radius 3 is 2.50 bits per heavy atom. The molecule has 0 spiro atoms. The summed E-state index contributed by atoms with van der Waals surface area (Å²) in [5.41, 5.74) is 1.93. The predicted molar refractivity (Wildman–Crippen MR) is 83.6 cm³/mol. The van der Waals surface area contributed by atoms with Gasteiger partial charge in [0.25, 0.3) is 5.56 Å². The molecule has 0 aliphatic heterocycles. The molecule has 0 fully saturated rings. The summed E-state index contributed by atoms with van der Waals surface area (Å²) in [5, 5.41) is 0. The average Bonchev–Trinajstić information content (AvgIpc) is 3.01. The molecule has 0 radical (unpaired) electrons. The lowest BCUT2D eigenvalue weighted by Crippen LogP contribution is -2.18. The molecule has 0 aliphatic carbocycles. The molecule has 0 unspecified atom stereocenters. The maximum absolute atomic E-state index is 12.0. The summed E-state index contributed by atoms with van der Waals surface area (Å²) in [7, 11) is -1.54. The van der Waals surface area contributed by atoms with Gasteiger partial charge in [0.05, 0.1) is 28.9 Å². The molecular weight excluding hydrogens is 302 g/mol. The van der Waals surface area contributed by atoms with E-state index in [4.69, 9.17) is 0 Å². The summed E-state index contributed by atoms with van der Waals surface area (Å²) < 4.78 is 26.9. The lowest BCUT2D eigenvalue weighted by molar-refractivity contribution is 0.597. The van der Waals surface area contributed by atoms with E-state index < -0.39 is 9.84 Å². The largest absolute Gasteiger partial charge is 0.315 e. The van der Waals surface area contributed by atoms with Crippen LogP contribution in [0, 0.1) is 0 Å². The maximum atomic E-state index is 12.0. The molecule has 0 amide bonds. The van der Waals surface area contributed by atoms with Gasteiger partial charge in [-0.3, -0.25) is 9.20 Å². The van der Waals surface area contributed by atoms with Crippen LogP contribution in [0.3, 0.4) is 0 Å². The minimum absolute atomic E-state index is 0.0674. The van der Waals surface area contributed by atoms with Crippen molar-refractivity contribution in [2.45, 2.75) is 11.8 Å². The van der Waals surface area contributed by atoms with E-state index in [1.54, 1.807) is 55.2 Å². The van der Waals surface area contributed by atoms with Crippen LogP contribution in [0.15, 0.2) is 52.7 Å². The molecule has 0 aliphatic rings. The van der Waals surface area contributed by atoms with Crippen LogP contribution in [0.1, 0.15) is 6.92 Å². The van der Waals surface area contributed by atoms with Crippen LogP contribution in [-0.2, 0) is 16.9 Å². The molecule has 0 N–H and O–H groups in total. The molecule has 2 heterocycles. The number of hydrogen-bond acceptors (Lipinski definition) is 4. The Morgan fingerprint density at radius 1 is 1.18 bits per heavy atom. The number of aryl methyl sites for hydroxylation is 1. The van der Waals surface area contributed by atoms with E-state index >= 15 is 0 Å². The van der Waals surface area contributed by atoms with E-state index in [9.17, 15) is 13.2 Å². The number of aromatic nitrogens is 3. The lowest BCUT2D eigenvalue weighted by Gasteiger charge is -2.09. The number of sulfone groups is 1. The van der Waals surface area contributed by atoms with Crippen molar-refractivity contribution in [1.29, 1.82) is 0 Å². The van der Waals surface area contributed by atoms with Gasteiger partial charge >= 0.3 is 0 Å². The second-order valence-corrected chi connectivity index (χ2v) is 7.29. The summed E-state index contributed by atoms with van der Waals surface area (Å²) in [6.45, 7) is 1.62. The van der Waals surface area contributed by atoms with Crippen molar-refractivity contribution in [3.8, 4) is 11.3 Å². The van der Waals surface area contributed by atoms with Gasteiger partial charge < -0.3 is 4.57 Å². The van der Waals surface area contributed by atoms with Gasteiger partial charge in [-0.1, -0.05) is 19.1 Å². The number of nitrogens with zero attached hydrogens (tertiary/aromatic N) is 3. The highest BCUT2D eigenvalue weighted by atomic mass is 32.2. The highest BCUT2D eigenvalue weighted by Gasteiger charge is 2.13. The Kier molecular flexibility index (Phi) is 3.37. The van der Waals surface area contributed by atoms with Gasteiger partial charge in [-0.15, -0.1) is 0 Å². The van der Waals surface area contributed by atoms with Crippen molar-refractivity contribution in [2.24, 2.45) is 7.05 Å². The third kappa shape index (κ3) is 2.23. The molecule has 1 aromatic carbocycles. The van der Waals surface area contributed by atoms with E-state index in [0.29, 0.717) is 10.4 Å². The first-order chi connectivity index (χ1) is 10.4. The van der Waals surface area contributed by atoms with E-state index in [1.807, 2.05) is 0 Å². The van der Waals surface area contributed by atoms with Crippen molar-refractivity contribution >= 4 is 15.4 Å². The first kappa shape index (κ1) is 14.5. The van der Waals surface area contributed by atoms with Crippen LogP contribution in [-0.4, -0.2) is 28.1 Å². The van der Waals surface area contributed by atoms with Gasteiger partial charge in [0.2, 0.25) is 0 Å². The van der Waals surface area contributed by atoms with Gasteiger partial charge in [0, 0.05) is 18.8 Å². The van der Waals surface area contributed by atoms with Crippen molar-refractivity contribution in [1.82, 2.24) is 14.0 Å². The SMILES string of the molecule is CCS(=O)(=O)c1ccc(-c2cn(C)c(=O)c3cncn23)cc1. The topological polar surface area (TPSA) is 73.4 Å². The van der Waals surface area contributed by atoms with Crippen LogP contribution >= 0.6 is 0 Å². The molecular formula is C15H15N3O3S. The zero-order valence-corrected chi connectivity index (χ0v) is 13.0. The third-order valence-corrected chi connectivity index (χ3v) is 5.39. The smallest absolute Gasteiger partial charge is 0.276 e. The highest BCUT2D eigenvalue weighted by molar-refractivity contribution is 7.91.